The zero-order valence-corrected chi connectivity index (χ0v) is 13.7. The molecule has 1 saturated heterocycles. The summed E-state index contributed by atoms with van der Waals surface area (Å²) >= 11 is 0. The van der Waals surface area contributed by atoms with E-state index in [2.05, 4.69) is 50.4 Å². The van der Waals surface area contributed by atoms with Crippen molar-refractivity contribution in [2.75, 3.05) is 6.54 Å². The van der Waals surface area contributed by atoms with Crippen LogP contribution in [0.1, 0.15) is 63.0 Å². The van der Waals surface area contributed by atoms with Gasteiger partial charge in [-0.3, -0.25) is 0 Å². The van der Waals surface area contributed by atoms with E-state index in [1.807, 2.05) is 0 Å². The fourth-order valence-corrected chi connectivity index (χ4v) is 3.52. The standard InChI is InChI=1S/C19H29NO/c1-14-6-4-5-7-18(14)15(13-20-16-8-9-16)12-17-10-11-19(2,3)21-17/h4-7,15-17,20H,8-13H2,1-3H3. The van der Waals surface area contributed by atoms with Gasteiger partial charge in [0, 0.05) is 12.6 Å². The molecule has 2 atom stereocenters. The van der Waals surface area contributed by atoms with Gasteiger partial charge in [0.1, 0.15) is 0 Å². The van der Waals surface area contributed by atoms with E-state index in [4.69, 9.17) is 4.74 Å². The zero-order chi connectivity index (χ0) is 14.9. The summed E-state index contributed by atoms with van der Waals surface area (Å²) in [6, 6.07) is 9.62. The summed E-state index contributed by atoms with van der Waals surface area (Å²) in [6.45, 7) is 7.77. The highest BCUT2D eigenvalue weighted by atomic mass is 16.5. The zero-order valence-electron chi connectivity index (χ0n) is 13.7. The largest absolute Gasteiger partial charge is 0.372 e. The first-order chi connectivity index (χ1) is 10.0. The third kappa shape index (κ3) is 4.08. The van der Waals surface area contributed by atoms with Crippen LogP contribution in [0, 0.1) is 6.92 Å². The molecule has 1 aromatic rings. The maximum atomic E-state index is 6.24. The topological polar surface area (TPSA) is 21.3 Å². The number of ether oxygens (including phenoxy) is 1. The molecule has 2 fully saturated rings. The fourth-order valence-electron chi connectivity index (χ4n) is 3.52. The second-order valence-electron chi connectivity index (χ2n) is 7.51. The normalized spacial score (nSPS) is 26.0. The number of hydrogen-bond donors (Lipinski definition) is 1. The molecule has 0 bridgehead atoms. The molecule has 2 nitrogen and oxygen atoms in total. The van der Waals surface area contributed by atoms with Crippen molar-refractivity contribution in [1.29, 1.82) is 0 Å². The van der Waals surface area contributed by atoms with Crippen LogP contribution in [0.15, 0.2) is 24.3 Å². The lowest BCUT2D eigenvalue weighted by Crippen LogP contribution is -2.28. The predicted molar refractivity (Wildman–Crippen MR) is 87.7 cm³/mol. The molecule has 2 heteroatoms. The summed E-state index contributed by atoms with van der Waals surface area (Å²) in [5.41, 5.74) is 2.99. The second kappa shape index (κ2) is 6.10. The van der Waals surface area contributed by atoms with Crippen LogP contribution in [-0.4, -0.2) is 24.3 Å². The molecule has 1 saturated carbocycles. The average Bonchev–Trinajstić information content (AvgIpc) is 3.20. The summed E-state index contributed by atoms with van der Waals surface area (Å²) in [5, 5.41) is 3.72. The molecule has 2 aliphatic rings. The number of nitrogens with one attached hydrogen (secondary N) is 1. The van der Waals surface area contributed by atoms with Crippen LogP contribution in [-0.2, 0) is 4.74 Å². The number of aryl methyl sites for hydroxylation is 1. The van der Waals surface area contributed by atoms with Gasteiger partial charge in [-0.15, -0.1) is 0 Å². The van der Waals surface area contributed by atoms with Gasteiger partial charge in [-0.1, -0.05) is 24.3 Å². The van der Waals surface area contributed by atoms with Gasteiger partial charge in [0.15, 0.2) is 0 Å². The third-order valence-electron chi connectivity index (χ3n) is 4.96. The minimum Gasteiger partial charge on any atom is -0.372 e. The highest BCUT2D eigenvalue weighted by Gasteiger charge is 2.33. The van der Waals surface area contributed by atoms with Crippen molar-refractivity contribution < 1.29 is 4.74 Å². The Balaban J connectivity index is 1.68. The van der Waals surface area contributed by atoms with Gasteiger partial charge in [-0.05, 0) is 69.9 Å². The second-order valence-corrected chi connectivity index (χ2v) is 7.51. The Morgan fingerprint density at radius 1 is 1.24 bits per heavy atom. The van der Waals surface area contributed by atoms with Crippen LogP contribution < -0.4 is 5.32 Å². The molecule has 116 valence electrons. The summed E-state index contributed by atoms with van der Waals surface area (Å²) in [4.78, 5) is 0. The Morgan fingerprint density at radius 2 is 2.00 bits per heavy atom. The van der Waals surface area contributed by atoms with Gasteiger partial charge in [0.05, 0.1) is 11.7 Å². The lowest BCUT2D eigenvalue weighted by atomic mass is 9.89. The smallest absolute Gasteiger partial charge is 0.0631 e. The van der Waals surface area contributed by atoms with Crippen molar-refractivity contribution in [3.05, 3.63) is 35.4 Å². The third-order valence-corrected chi connectivity index (χ3v) is 4.96. The number of rotatable bonds is 6. The molecule has 1 aromatic carbocycles. The van der Waals surface area contributed by atoms with Crippen molar-refractivity contribution >= 4 is 0 Å². The van der Waals surface area contributed by atoms with Gasteiger partial charge < -0.3 is 10.1 Å². The highest BCUT2D eigenvalue weighted by Crippen LogP contribution is 2.35. The van der Waals surface area contributed by atoms with Crippen molar-refractivity contribution in [3.8, 4) is 0 Å². The molecule has 1 heterocycles. The van der Waals surface area contributed by atoms with Crippen molar-refractivity contribution in [2.24, 2.45) is 0 Å². The van der Waals surface area contributed by atoms with Gasteiger partial charge >= 0.3 is 0 Å². The SMILES string of the molecule is Cc1ccccc1C(CNC1CC1)CC1CCC(C)(C)O1. The summed E-state index contributed by atoms with van der Waals surface area (Å²) < 4.78 is 6.24. The fraction of sp³-hybridized carbons (Fsp3) is 0.684. The van der Waals surface area contributed by atoms with Crippen LogP contribution in [0.3, 0.4) is 0 Å². The molecule has 21 heavy (non-hydrogen) atoms. The van der Waals surface area contributed by atoms with E-state index >= 15 is 0 Å². The highest BCUT2D eigenvalue weighted by molar-refractivity contribution is 5.29. The maximum Gasteiger partial charge on any atom is 0.0631 e. The molecule has 1 aliphatic carbocycles. The molecular formula is C19H29NO. The van der Waals surface area contributed by atoms with Crippen molar-refractivity contribution in [1.82, 2.24) is 5.32 Å². The monoisotopic (exact) mass is 287 g/mol. The van der Waals surface area contributed by atoms with Crippen LogP contribution in [0.2, 0.25) is 0 Å². The van der Waals surface area contributed by atoms with E-state index in [9.17, 15) is 0 Å². The summed E-state index contributed by atoms with van der Waals surface area (Å²) in [7, 11) is 0. The van der Waals surface area contributed by atoms with Gasteiger partial charge in [-0.2, -0.15) is 0 Å². The predicted octanol–water partition coefficient (Wildman–Crippen LogP) is 4.18. The molecule has 0 aromatic heterocycles. The molecule has 0 radical (unpaired) electrons. The molecule has 3 rings (SSSR count). The quantitative estimate of drug-likeness (QED) is 0.847. The van der Waals surface area contributed by atoms with Gasteiger partial charge in [0.25, 0.3) is 0 Å². The van der Waals surface area contributed by atoms with E-state index in [0.29, 0.717) is 12.0 Å². The molecule has 1 aliphatic heterocycles. The average molecular weight is 287 g/mol. The van der Waals surface area contributed by atoms with E-state index in [1.165, 1.54) is 36.8 Å². The Kier molecular flexibility index (Phi) is 4.37. The van der Waals surface area contributed by atoms with E-state index in [1.54, 1.807) is 0 Å². The van der Waals surface area contributed by atoms with E-state index in [0.717, 1.165) is 19.0 Å². The van der Waals surface area contributed by atoms with Crippen LogP contribution in [0.4, 0.5) is 0 Å². The van der Waals surface area contributed by atoms with E-state index < -0.39 is 0 Å². The Labute approximate surface area is 129 Å². The first kappa shape index (κ1) is 15.1. The number of hydrogen-bond acceptors (Lipinski definition) is 2. The summed E-state index contributed by atoms with van der Waals surface area (Å²) in [6.07, 6.45) is 6.67. The van der Waals surface area contributed by atoms with Crippen molar-refractivity contribution in [3.63, 3.8) is 0 Å². The Hall–Kier alpha value is -0.860. The number of benzene rings is 1. The van der Waals surface area contributed by atoms with Gasteiger partial charge in [0.2, 0.25) is 0 Å². The molecule has 2 unspecified atom stereocenters. The minimum absolute atomic E-state index is 0.0743. The Bertz CT molecular complexity index is 478. The van der Waals surface area contributed by atoms with Crippen LogP contribution >= 0.6 is 0 Å². The lowest BCUT2D eigenvalue weighted by molar-refractivity contribution is -0.0209. The van der Waals surface area contributed by atoms with Gasteiger partial charge in [-0.25, -0.2) is 0 Å². The first-order valence-electron chi connectivity index (χ1n) is 8.50. The van der Waals surface area contributed by atoms with Crippen LogP contribution in [0.5, 0.6) is 0 Å². The molecule has 0 spiro atoms. The first-order valence-corrected chi connectivity index (χ1v) is 8.50. The minimum atomic E-state index is 0.0743. The molecule has 0 amide bonds. The molecule has 1 N–H and O–H groups in total. The molecular weight excluding hydrogens is 258 g/mol. The van der Waals surface area contributed by atoms with Crippen LogP contribution in [0.25, 0.3) is 0 Å². The van der Waals surface area contributed by atoms with Crippen molar-refractivity contribution in [2.45, 2.75) is 76.5 Å². The Morgan fingerprint density at radius 3 is 2.62 bits per heavy atom. The maximum absolute atomic E-state index is 6.24. The summed E-state index contributed by atoms with van der Waals surface area (Å²) in [5.74, 6) is 0.575. The lowest BCUT2D eigenvalue weighted by Gasteiger charge is -2.25. The van der Waals surface area contributed by atoms with E-state index in [-0.39, 0.29) is 5.60 Å².